The average Bonchev–Trinajstić information content (AvgIpc) is 3.34. The number of amides is 1. The largest absolute Gasteiger partial charge is 0.356 e. The lowest BCUT2D eigenvalue weighted by Gasteiger charge is -2.30. The van der Waals surface area contributed by atoms with Crippen molar-refractivity contribution in [1.82, 2.24) is 29.8 Å². The van der Waals surface area contributed by atoms with Crippen molar-refractivity contribution in [1.29, 1.82) is 0 Å². The van der Waals surface area contributed by atoms with Gasteiger partial charge in [-0.15, -0.1) is 5.10 Å². The van der Waals surface area contributed by atoms with Crippen molar-refractivity contribution in [2.75, 3.05) is 19.6 Å². The predicted octanol–water partition coefficient (Wildman–Crippen LogP) is 1.73. The molecule has 1 aromatic heterocycles. The van der Waals surface area contributed by atoms with Crippen molar-refractivity contribution in [2.24, 2.45) is 5.92 Å². The molecule has 10 heteroatoms. The Balaban J connectivity index is 1.29. The van der Waals surface area contributed by atoms with Crippen LogP contribution in [0.1, 0.15) is 24.0 Å². The van der Waals surface area contributed by atoms with E-state index in [9.17, 15) is 13.2 Å². The summed E-state index contributed by atoms with van der Waals surface area (Å²) in [5.41, 5.74) is 3.07. The number of aromatic nitrogens is 4. The Labute approximate surface area is 187 Å². The number of carbonyl (C=O) groups excluding carboxylic acids is 1. The molecule has 0 radical (unpaired) electrons. The summed E-state index contributed by atoms with van der Waals surface area (Å²) in [6.45, 7) is 3.28. The van der Waals surface area contributed by atoms with Crippen molar-refractivity contribution >= 4 is 15.9 Å². The van der Waals surface area contributed by atoms with E-state index in [1.807, 2.05) is 19.1 Å². The molecular weight excluding hydrogens is 428 g/mol. The molecule has 168 valence electrons. The van der Waals surface area contributed by atoms with E-state index in [1.54, 1.807) is 24.3 Å². The molecule has 0 aliphatic carbocycles. The van der Waals surface area contributed by atoms with E-state index in [2.05, 4.69) is 33.0 Å². The highest BCUT2D eigenvalue weighted by Crippen LogP contribution is 2.24. The number of nitrogens with zero attached hydrogens (tertiary/aromatic N) is 5. The molecule has 0 atom stereocenters. The lowest BCUT2D eigenvalue weighted by molar-refractivity contribution is -0.126. The summed E-state index contributed by atoms with van der Waals surface area (Å²) in [6, 6.07) is 14.7. The molecule has 9 nitrogen and oxygen atoms in total. The van der Waals surface area contributed by atoms with Crippen LogP contribution in [0.15, 0.2) is 59.8 Å². The number of piperidine rings is 1. The van der Waals surface area contributed by atoms with Crippen LogP contribution in [0.2, 0.25) is 0 Å². The van der Waals surface area contributed by atoms with Crippen LogP contribution in [0.25, 0.3) is 5.69 Å². The molecule has 1 saturated heterocycles. The summed E-state index contributed by atoms with van der Waals surface area (Å²) < 4.78 is 28.9. The second-order valence-electron chi connectivity index (χ2n) is 7.96. The summed E-state index contributed by atoms with van der Waals surface area (Å²) in [5, 5.41) is 13.9. The highest BCUT2D eigenvalue weighted by atomic mass is 32.2. The summed E-state index contributed by atoms with van der Waals surface area (Å²) in [6.07, 6.45) is 3.25. The van der Waals surface area contributed by atoms with Gasteiger partial charge in [0.25, 0.3) is 0 Å². The predicted molar refractivity (Wildman–Crippen MR) is 119 cm³/mol. The number of tetrazole rings is 1. The van der Waals surface area contributed by atoms with E-state index in [-0.39, 0.29) is 16.7 Å². The molecule has 0 saturated carbocycles. The average molecular weight is 455 g/mol. The molecule has 0 spiro atoms. The molecular formula is C22H26N6O3S. The third-order valence-corrected chi connectivity index (χ3v) is 7.62. The fourth-order valence-corrected chi connectivity index (χ4v) is 5.37. The van der Waals surface area contributed by atoms with Crippen LogP contribution < -0.4 is 5.32 Å². The van der Waals surface area contributed by atoms with Gasteiger partial charge in [0, 0.05) is 25.6 Å². The Kier molecular flexibility index (Phi) is 6.61. The van der Waals surface area contributed by atoms with E-state index < -0.39 is 10.0 Å². The molecule has 32 heavy (non-hydrogen) atoms. The first-order chi connectivity index (χ1) is 15.4. The van der Waals surface area contributed by atoms with E-state index in [1.165, 1.54) is 26.4 Å². The zero-order valence-electron chi connectivity index (χ0n) is 17.9. The molecule has 4 rings (SSSR count). The minimum atomic E-state index is -3.61. The third kappa shape index (κ3) is 5.03. The van der Waals surface area contributed by atoms with Crippen molar-refractivity contribution in [2.45, 2.75) is 31.1 Å². The van der Waals surface area contributed by atoms with Crippen LogP contribution in [0.3, 0.4) is 0 Å². The van der Waals surface area contributed by atoms with Gasteiger partial charge in [-0.2, -0.15) is 4.31 Å². The molecule has 2 heterocycles. The standard InChI is InChI=1S/C22H26N6O3S/c1-17-3-2-4-18(15-17)9-12-23-22(29)19-10-13-27(14-11-19)32(30,31)21-7-5-20(6-8-21)28-16-24-25-26-28/h2-8,15-16,19H,9-14H2,1H3,(H,23,29). The van der Waals surface area contributed by atoms with Gasteiger partial charge in [0.15, 0.2) is 0 Å². The maximum Gasteiger partial charge on any atom is 0.243 e. The molecule has 2 aromatic carbocycles. The molecule has 0 unspecified atom stereocenters. The van der Waals surface area contributed by atoms with E-state index >= 15 is 0 Å². The molecule has 0 bridgehead atoms. The van der Waals surface area contributed by atoms with Crippen molar-refractivity contribution in [3.05, 3.63) is 66.0 Å². The smallest absolute Gasteiger partial charge is 0.243 e. The molecule has 1 aliphatic rings. The molecule has 3 aromatic rings. The maximum absolute atomic E-state index is 13.0. The number of sulfonamides is 1. The Hall–Kier alpha value is -3.11. The third-order valence-electron chi connectivity index (χ3n) is 5.71. The summed E-state index contributed by atoms with van der Waals surface area (Å²) in [7, 11) is -3.61. The number of hydrogen-bond donors (Lipinski definition) is 1. The zero-order valence-corrected chi connectivity index (χ0v) is 18.7. The number of benzene rings is 2. The summed E-state index contributed by atoms with van der Waals surface area (Å²) >= 11 is 0. The van der Waals surface area contributed by atoms with Gasteiger partial charge >= 0.3 is 0 Å². The van der Waals surface area contributed by atoms with Crippen LogP contribution in [0.4, 0.5) is 0 Å². The highest BCUT2D eigenvalue weighted by Gasteiger charge is 2.32. The van der Waals surface area contributed by atoms with Crippen LogP contribution in [-0.4, -0.2) is 58.5 Å². The van der Waals surface area contributed by atoms with Crippen molar-refractivity contribution < 1.29 is 13.2 Å². The fourth-order valence-electron chi connectivity index (χ4n) is 3.90. The van der Waals surface area contributed by atoms with Crippen molar-refractivity contribution in [3.63, 3.8) is 0 Å². The normalized spacial score (nSPS) is 15.5. The lowest BCUT2D eigenvalue weighted by Crippen LogP contribution is -2.43. The fraction of sp³-hybridized carbons (Fsp3) is 0.364. The summed E-state index contributed by atoms with van der Waals surface area (Å²) in [4.78, 5) is 12.8. The number of nitrogens with one attached hydrogen (secondary N) is 1. The van der Waals surface area contributed by atoms with Gasteiger partial charge in [0.05, 0.1) is 10.6 Å². The van der Waals surface area contributed by atoms with Gasteiger partial charge < -0.3 is 5.32 Å². The lowest BCUT2D eigenvalue weighted by atomic mass is 9.97. The minimum Gasteiger partial charge on any atom is -0.356 e. The Bertz CT molecular complexity index is 1150. The number of aryl methyl sites for hydroxylation is 1. The number of rotatable bonds is 7. The second kappa shape index (κ2) is 9.58. The maximum atomic E-state index is 13.0. The monoisotopic (exact) mass is 454 g/mol. The Morgan fingerprint density at radius 2 is 1.88 bits per heavy atom. The first-order valence-corrected chi connectivity index (χ1v) is 12.0. The van der Waals surface area contributed by atoms with Crippen molar-refractivity contribution in [3.8, 4) is 5.69 Å². The van der Waals surface area contributed by atoms with Crippen LogP contribution in [-0.2, 0) is 21.2 Å². The first-order valence-electron chi connectivity index (χ1n) is 10.6. The quantitative estimate of drug-likeness (QED) is 0.582. The van der Waals surface area contributed by atoms with Gasteiger partial charge in [0.1, 0.15) is 6.33 Å². The minimum absolute atomic E-state index is 0.000459. The molecule has 1 N–H and O–H groups in total. The summed E-state index contributed by atoms with van der Waals surface area (Å²) in [5.74, 6) is -0.165. The molecule has 1 amide bonds. The van der Waals surface area contributed by atoms with Gasteiger partial charge in [-0.05, 0) is 66.4 Å². The Morgan fingerprint density at radius 3 is 2.53 bits per heavy atom. The molecule has 1 aliphatic heterocycles. The Morgan fingerprint density at radius 1 is 1.12 bits per heavy atom. The SMILES string of the molecule is Cc1cccc(CCNC(=O)C2CCN(S(=O)(=O)c3ccc(-n4cnnn4)cc3)CC2)c1. The van der Waals surface area contributed by atoms with Crippen LogP contribution in [0.5, 0.6) is 0 Å². The van der Waals surface area contributed by atoms with E-state index in [0.717, 1.165) is 6.42 Å². The first kappa shape index (κ1) is 22.1. The van der Waals surface area contributed by atoms with E-state index in [0.29, 0.717) is 38.2 Å². The number of carbonyl (C=O) groups is 1. The number of hydrogen-bond acceptors (Lipinski definition) is 6. The van der Waals surface area contributed by atoms with Gasteiger partial charge in [-0.3, -0.25) is 4.79 Å². The van der Waals surface area contributed by atoms with Gasteiger partial charge in [0.2, 0.25) is 15.9 Å². The van der Waals surface area contributed by atoms with Gasteiger partial charge in [-0.1, -0.05) is 29.8 Å². The van der Waals surface area contributed by atoms with Gasteiger partial charge in [-0.25, -0.2) is 13.1 Å². The molecule has 1 fully saturated rings. The van der Waals surface area contributed by atoms with Crippen LogP contribution in [0, 0.1) is 12.8 Å². The van der Waals surface area contributed by atoms with Crippen LogP contribution >= 0.6 is 0 Å². The van der Waals surface area contributed by atoms with E-state index in [4.69, 9.17) is 0 Å². The topological polar surface area (TPSA) is 110 Å². The highest BCUT2D eigenvalue weighted by molar-refractivity contribution is 7.89. The second-order valence-corrected chi connectivity index (χ2v) is 9.89. The zero-order chi connectivity index (χ0) is 22.6.